The average Bonchev–Trinajstić information content (AvgIpc) is 2.78. The Kier molecular flexibility index (Phi) is 7.75. The first-order valence-electron chi connectivity index (χ1n) is 11.8. The van der Waals surface area contributed by atoms with E-state index in [-0.39, 0.29) is 11.7 Å². The van der Waals surface area contributed by atoms with Crippen molar-refractivity contribution in [3.05, 3.63) is 59.2 Å². The summed E-state index contributed by atoms with van der Waals surface area (Å²) in [6.45, 7) is 12.3. The number of carbonyl (C=O) groups excluding carboxylic acids is 2. The van der Waals surface area contributed by atoms with E-state index >= 15 is 0 Å². The molecule has 0 bridgehead atoms. The van der Waals surface area contributed by atoms with Gasteiger partial charge in [0, 0.05) is 45.3 Å². The molecule has 1 atom stereocenters. The summed E-state index contributed by atoms with van der Waals surface area (Å²) in [6, 6.07) is 12.3. The molecule has 2 amide bonds. The Morgan fingerprint density at radius 1 is 1.03 bits per heavy atom. The number of anilines is 1. The van der Waals surface area contributed by atoms with E-state index < -0.39 is 17.7 Å². The van der Waals surface area contributed by atoms with Gasteiger partial charge in [-0.3, -0.25) is 9.69 Å². The third kappa shape index (κ3) is 6.22. The fourth-order valence-electron chi connectivity index (χ4n) is 4.16. The first-order chi connectivity index (χ1) is 16.0. The van der Waals surface area contributed by atoms with Gasteiger partial charge < -0.3 is 19.6 Å². The summed E-state index contributed by atoms with van der Waals surface area (Å²) in [5, 5.41) is 9.62. The standard InChI is InChI=1S/C27H37N3O4/c1-19-8-7-9-23(20(19)2)29-14-16-30(17-15-29)25(32)24(18-21-10-12-22(31)13-11-21)28(6)26(33)34-27(3,4)5/h7-13,24,31H,14-18H2,1-6H3/t24-/m0/s1. The lowest BCUT2D eigenvalue weighted by atomic mass is 10.0. The molecule has 1 N–H and O–H groups in total. The molecule has 0 spiro atoms. The number of hydrogen-bond donors (Lipinski definition) is 1. The van der Waals surface area contributed by atoms with Gasteiger partial charge in [-0.05, 0) is 69.5 Å². The molecule has 7 nitrogen and oxygen atoms in total. The van der Waals surface area contributed by atoms with E-state index in [9.17, 15) is 14.7 Å². The Bertz CT molecular complexity index is 1010. The number of piperazine rings is 1. The number of aromatic hydroxyl groups is 1. The molecule has 1 saturated heterocycles. The van der Waals surface area contributed by atoms with Crippen LogP contribution in [0, 0.1) is 13.8 Å². The van der Waals surface area contributed by atoms with Gasteiger partial charge in [0.05, 0.1) is 0 Å². The molecule has 1 fully saturated rings. The number of likely N-dealkylation sites (N-methyl/N-ethyl adjacent to an activating group) is 1. The molecule has 34 heavy (non-hydrogen) atoms. The number of rotatable bonds is 5. The number of benzene rings is 2. The largest absolute Gasteiger partial charge is 0.508 e. The second-order valence-electron chi connectivity index (χ2n) is 10.0. The molecule has 1 aliphatic heterocycles. The number of ether oxygens (including phenoxy) is 1. The summed E-state index contributed by atoms with van der Waals surface area (Å²) in [5.41, 5.74) is 3.93. The molecule has 184 valence electrons. The summed E-state index contributed by atoms with van der Waals surface area (Å²) in [4.78, 5) is 32.0. The molecular weight excluding hydrogens is 430 g/mol. The van der Waals surface area contributed by atoms with Crippen LogP contribution in [0.4, 0.5) is 10.5 Å². The Morgan fingerprint density at radius 2 is 1.65 bits per heavy atom. The van der Waals surface area contributed by atoms with Crippen LogP contribution < -0.4 is 4.90 Å². The Morgan fingerprint density at radius 3 is 2.24 bits per heavy atom. The van der Waals surface area contributed by atoms with Crippen molar-refractivity contribution in [3.63, 3.8) is 0 Å². The lowest BCUT2D eigenvalue weighted by molar-refractivity contribution is -0.136. The van der Waals surface area contributed by atoms with Gasteiger partial charge in [-0.2, -0.15) is 0 Å². The Balaban J connectivity index is 1.76. The van der Waals surface area contributed by atoms with Crippen LogP contribution in [0.25, 0.3) is 0 Å². The Hall–Kier alpha value is -3.22. The molecule has 0 unspecified atom stereocenters. The highest BCUT2D eigenvalue weighted by atomic mass is 16.6. The summed E-state index contributed by atoms with van der Waals surface area (Å²) in [7, 11) is 1.61. The van der Waals surface area contributed by atoms with Gasteiger partial charge in [-0.25, -0.2) is 4.79 Å². The van der Waals surface area contributed by atoms with Crippen LogP contribution in [0.3, 0.4) is 0 Å². The summed E-state index contributed by atoms with van der Waals surface area (Å²) < 4.78 is 5.54. The van der Waals surface area contributed by atoms with Gasteiger partial charge in [-0.1, -0.05) is 24.3 Å². The summed E-state index contributed by atoms with van der Waals surface area (Å²) >= 11 is 0. The van der Waals surface area contributed by atoms with Crippen LogP contribution >= 0.6 is 0 Å². The molecule has 0 aliphatic carbocycles. The third-order valence-electron chi connectivity index (χ3n) is 6.31. The van der Waals surface area contributed by atoms with Crippen LogP contribution in [0.2, 0.25) is 0 Å². The van der Waals surface area contributed by atoms with E-state index in [0.717, 1.165) is 18.7 Å². The van der Waals surface area contributed by atoms with Gasteiger partial charge in [0.1, 0.15) is 17.4 Å². The zero-order valence-corrected chi connectivity index (χ0v) is 21.2. The monoisotopic (exact) mass is 467 g/mol. The zero-order chi connectivity index (χ0) is 25.0. The van der Waals surface area contributed by atoms with E-state index in [4.69, 9.17) is 4.74 Å². The highest BCUT2D eigenvalue weighted by molar-refractivity contribution is 5.86. The van der Waals surface area contributed by atoms with Crippen molar-refractivity contribution in [1.82, 2.24) is 9.80 Å². The van der Waals surface area contributed by atoms with Crippen molar-refractivity contribution < 1.29 is 19.4 Å². The first-order valence-corrected chi connectivity index (χ1v) is 11.8. The molecule has 1 aliphatic rings. The van der Waals surface area contributed by atoms with Crippen LogP contribution in [-0.4, -0.2) is 71.8 Å². The SMILES string of the molecule is Cc1cccc(N2CCN(C(=O)[C@H](Cc3ccc(O)cc3)N(C)C(=O)OC(C)(C)C)CC2)c1C. The van der Waals surface area contributed by atoms with E-state index in [1.807, 2.05) is 25.7 Å². The van der Waals surface area contributed by atoms with Crippen LogP contribution in [0.5, 0.6) is 5.75 Å². The maximum atomic E-state index is 13.7. The minimum atomic E-state index is -0.702. The summed E-state index contributed by atoms with van der Waals surface area (Å²) in [5.74, 6) is 0.0664. The highest BCUT2D eigenvalue weighted by Gasteiger charge is 2.34. The molecular formula is C27H37N3O4. The fourth-order valence-corrected chi connectivity index (χ4v) is 4.16. The minimum Gasteiger partial charge on any atom is -0.508 e. The van der Waals surface area contributed by atoms with E-state index in [0.29, 0.717) is 19.5 Å². The number of hydrogen-bond acceptors (Lipinski definition) is 5. The smallest absolute Gasteiger partial charge is 0.410 e. The predicted octanol–water partition coefficient (Wildman–Crippen LogP) is 4.14. The summed E-state index contributed by atoms with van der Waals surface area (Å²) in [6.07, 6.45) is -0.190. The van der Waals surface area contributed by atoms with Gasteiger partial charge in [0.2, 0.25) is 5.91 Å². The first kappa shape index (κ1) is 25.4. The topological polar surface area (TPSA) is 73.3 Å². The molecule has 0 saturated carbocycles. The second-order valence-corrected chi connectivity index (χ2v) is 10.0. The maximum absolute atomic E-state index is 13.7. The van der Waals surface area contributed by atoms with E-state index in [1.165, 1.54) is 21.7 Å². The second kappa shape index (κ2) is 10.4. The van der Waals surface area contributed by atoms with Crippen molar-refractivity contribution in [2.24, 2.45) is 0 Å². The van der Waals surface area contributed by atoms with E-state index in [1.54, 1.807) is 31.3 Å². The Labute approximate surface area is 202 Å². The fraction of sp³-hybridized carbons (Fsp3) is 0.481. The lowest BCUT2D eigenvalue weighted by Crippen LogP contribution is -2.56. The molecule has 1 heterocycles. The molecule has 0 aromatic heterocycles. The van der Waals surface area contributed by atoms with Crippen molar-refractivity contribution in [2.45, 2.75) is 52.7 Å². The van der Waals surface area contributed by atoms with Crippen molar-refractivity contribution >= 4 is 17.7 Å². The third-order valence-corrected chi connectivity index (χ3v) is 6.31. The molecule has 7 heteroatoms. The molecule has 0 radical (unpaired) electrons. The quantitative estimate of drug-likeness (QED) is 0.716. The zero-order valence-electron chi connectivity index (χ0n) is 21.2. The van der Waals surface area contributed by atoms with Gasteiger partial charge in [-0.15, -0.1) is 0 Å². The lowest BCUT2D eigenvalue weighted by Gasteiger charge is -2.40. The number of carbonyl (C=O) groups is 2. The van der Waals surface area contributed by atoms with Crippen molar-refractivity contribution in [1.29, 1.82) is 0 Å². The number of phenols is 1. The van der Waals surface area contributed by atoms with Gasteiger partial charge in [0.25, 0.3) is 0 Å². The van der Waals surface area contributed by atoms with E-state index in [2.05, 4.69) is 36.9 Å². The van der Waals surface area contributed by atoms with Gasteiger partial charge in [0.15, 0.2) is 0 Å². The number of amides is 2. The van der Waals surface area contributed by atoms with Crippen molar-refractivity contribution in [3.8, 4) is 5.75 Å². The minimum absolute atomic E-state index is 0.0953. The number of phenolic OH excluding ortho intramolecular Hbond substituents is 1. The number of nitrogens with zero attached hydrogens (tertiary/aromatic N) is 3. The van der Waals surface area contributed by atoms with Crippen LogP contribution in [0.1, 0.15) is 37.5 Å². The number of aryl methyl sites for hydroxylation is 1. The van der Waals surface area contributed by atoms with Crippen LogP contribution in [0.15, 0.2) is 42.5 Å². The normalized spacial score (nSPS) is 15.1. The van der Waals surface area contributed by atoms with Crippen LogP contribution in [-0.2, 0) is 16.0 Å². The maximum Gasteiger partial charge on any atom is 0.410 e. The predicted molar refractivity (Wildman–Crippen MR) is 134 cm³/mol. The van der Waals surface area contributed by atoms with Crippen molar-refractivity contribution in [2.75, 3.05) is 38.1 Å². The average molecular weight is 468 g/mol. The molecule has 2 aromatic rings. The molecule has 3 rings (SSSR count). The molecule has 2 aromatic carbocycles. The highest BCUT2D eigenvalue weighted by Crippen LogP contribution is 2.25. The van der Waals surface area contributed by atoms with Gasteiger partial charge >= 0.3 is 6.09 Å².